The number of aromatic nitrogens is 1. The number of fused-ring (bicyclic) bond motifs is 1. The molecule has 0 unspecified atom stereocenters. The lowest BCUT2D eigenvalue weighted by Crippen LogP contribution is -2.08. The van der Waals surface area contributed by atoms with Crippen molar-refractivity contribution in [3.8, 4) is 0 Å². The lowest BCUT2D eigenvalue weighted by molar-refractivity contribution is -0.115. The Labute approximate surface area is 156 Å². The van der Waals surface area contributed by atoms with Crippen LogP contribution in [0.25, 0.3) is 10.2 Å². The van der Waals surface area contributed by atoms with E-state index in [-0.39, 0.29) is 5.91 Å². The molecule has 0 spiro atoms. The third-order valence-corrected chi connectivity index (χ3v) is 6.34. The molecule has 0 aliphatic carbocycles. The van der Waals surface area contributed by atoms with Gasteiger partial charge in [-0.3, -0.25) is 4.79 Å². The molecule has 0 aliphatic rings. The van der Waals surface area contributed by atoms with Crippen molar-refractivity contribution in [1.82, 2.24) is 4.98 Å². The highest BCUT2D eigenvalue weighted by Crippen LogP contribution is 2.34. The van der Waals surface area contributed by atoms with Crippen LogP contribution in [-0.2, 0) is 10.5 Å². The van der Waals surface area contributed by atoms with Gasteiger partial charge in [0.1, 0.15) is 0 Å². The van der Waals surface area contributed by atoms with Crippen LogP contribution >= 0.6 is 23.1 Å². The third kappa shape index (κ3) is 4.22. The molecule has 5 heteroatoms. The number of nitrogens with one attached hydrogen (secondary N) is 1. The minimum absolute atomic E-state index is 0.0313. The highest BCUT2D eigenvalue weighted by Gasteiger charge is 2.09. The second-order valence-electron chi connectivity index (χ2n) is 6.23. The number of hydrogen-bond acceptors (Lipinski definition) is 4. The molecule has 0 fully saturated rings. The van der Waals surface area contributed by atoms with E-state index in [4.69, 9.17) is 4.98 Å². The van der Waals surface area contributed by atoms with Crippen molar-refractivity contribution >= 4 is 44.9 Å². The number of rotatable bonds is 5. The first-order chi connectivity index (χ1) is 12.0. The molecule has 1 aromatic heterocycles. The van der Waals surface area contributed by atoms with Crippen molar-refractivity contribution in [2.24, 2.45) is 0 Å². The van der Waals surface area contributed by atoms with Crippen LogP contribution in [0, 0.1) is 20.8 Å². The van der Waals surface area contributed by atoms with E-state index in [2.05, 4.69) is 38.2 Å². The van der Waals surface area contributed by atoms with Crippen molar-refractivity contribution in [3.05, 3.63) is 52.6 Å². The Kier molecular flexibility index (Phi) is 5.45. The first-order valence-electron chi connectivity index (χ1n) is 8.36. The standard InChI is InChI=1S/C20H22N2OS2/c1-5-19(23)21-15-6-7-17-18(10-15)25-20(22-17)24-11-16-13(3)8-12(2)9-14(16)4/h6-10H,5,11H2,1-4H3,(H,21,23). The molecule has 0 radical (unpaired) electrons. The first kappa shape index (κ1) is 18.0. The van der Waals surface area contributed by atoms with Crippen LogP contribution in [0.5, 0.6) is 0 Å². The number of aryl methyl sites for hydroxylation is 3. The molecule has 3 rings (SSSR count). The summed E-state index contributed by atoms with van der Waals surface area (Å²) in [6.07, 6.45) is 0.483. The fraction of sp³-hybridized carbons (Fsp3) is 0.300. The predicted octanol–water partition coefficient (Wildman–Crippen LogP) is 5.86. The van der Waals surface area contributed by atoms with Gasteiger partial charge in [-0.05, 0) is 55.7 Å². The zero-order chi connectivity index (χ0) is 18.0. The number of carbonyl (C=O) groups excluding carboxylic acids is 1. The molecule has 0 saturated heterocycles. The van der Waals surface area contributed by atoms with Crippen molar-refractivity contribution in [3.63, 3.8) is 0 Å². The number of hydrogen-bond donors (Lipinski definition) is 1. The quantitative estimate of drug-likeness (QED) is 0.572. The Balaban J connectivity index is 1.77. The van der Waals surface area contributed by atoms with E-state index in [1.54, 1.807) is 23.1 Å². The van der Waals surface area contributed by atoms with Crippen molar-refractivity contribution in [1.29, 1.82) is 0 Å². The van der Waals surface area contributed by atoms with E-state index in [1.807, 2.05) is 25.1 Å². The Hall–Kier alpha value is -1.85. The average molecular weight is 371 g/mol. The number of nitrogens with zero attached hydrogens (tertiary/aromatic N) is 1. The van der Waals surface area contributed by atoms with Gasteiger partial charge >= 0.3 is 0 Å². The summed E-state index contributed by atoms with van der Waals surface area (Å²) in [5.74, 6) is 0.959. The summed E-state index contributed by atoms with van der Waals surface area (Å²) in [5, 5.41) is 2.90. The summed E-state index contributed by atoms with van der Waals surface area (Å²) >= 11 is 3.46. The van der Waals surface area contributed by atoms with Gasteiger partial charge in [-0.2, -0.15) is 0 Å². The van der Waals surface area contributed by atoms with Crippen molar-refractivity contribution < 1.29 is 4.79 Å². The van der Waals surface area contributed by atoms with E-state index >= 15 is 0 Å². The third-order valence-electron chi connectivity index (χ3n) is 4.15. The molecule has 0 atom stereocenters. The Morgan fingerprint density at radius 3 is 2.56 bits per heavy atom. The van der Waals surface area contributed by atoms with Gasteiger partial charge < -0.3 is 5.32 Å². The van der Waals surface area contributed by atoms with Crippen molar-refractivity contribution in [2.75, 3.05) is 5.32 Å². The van der Waals surface area contributed by atoms with Crippen LogP contribution in [0.4, 0.5) is 5.69 Å². The van der Waals surface area contributed by atoms with Gasteiger partial charge in [0, 0.05) is 17.9 Å². The van der Waals surface area contributed by atoms with E-state index in [1.165, 1.54) is 22.3 Å². The topological polar surface area (TPSA) is 42.0 Å². The molecular formula is C20H22N2OS2. The molecular weight excluding hydrogens is 348 g/mol. The highest BCUT2D eigenvalue weighted by atomic mass is 32.2. The molecule has 1 N–H and O–H groups in total. The van der Waals surface area contributed by atoms with Crippen LogP contribution in [0.3, 0.4) is 0 Å². The number of thioether (sulfide) groups is 1. The maximum Gasteiger partial charge on any atom is 0.224 e. The fourth-order valence-electron chi connectivity index (χ4n) is 2.86. The molecule has 3 nitrogen and oxygen atoms in total. The summed E-state index contributed by atoms with van der Waals surface area (Å²) in [6.45, 7) is 8.34. The minimum atomic E-state index is 0.0313. The first-order valence-corrected chi connectivity index (χ1v) is 10.2. The van der Waals surface area contributed by atoms with Crippen LogP contribution in [0.2, 0.25) is 0 Å². The molecule has 0 aliphatic heterocycles. The molecule has 0 saturated carbocycles. The second kappa shape index (κ2) is 7.58. The van der Waals surface area contributed by atoms with Crippen LogP contribution in [0.1, 0.15) is 35.6 Å². The minimum Gasteiger partial charge on any atom is -0.326 e. The number of benzene rings is 2. The predicted molar refractivity (Wildman–Crippen MR) is 109 cm³/mol. The van der Waals surface area contributed by atoms with Gasteiger partial charge in [0.05, 0.1) is 10.2 Å². The average Bonchev–Trinajstić information content (AvgIpc) is 2.95. The SMILES string of the molecule is CCC(=O)Nc1ccc2nc(SCc3c(C)cc(C)cc3C)sc2c1. The summed E-state index contributed by atoms with van der Waals surface area (Å²) in [5.41, 5.74) is 7.21. The zero-order valence-corrected chi connectivity index (χ0v) is 16.6. The summed E-state index contributed by atoms with van der Waals surface area (Å²) in [6, 6.07) is 10.4. The summed E-state index contributed by atoms with van der Waals surface area (Å²) in [4.78, 5) is 16.3. The molecule has 0 bridgehead atoms. The van der Waals surface area contributed by atoms with Gasteiger partial charge in [0.25, 0.3) is 0 Å². The number of amides is 1. The van der Waals surface area contributed by atoms with Crippen molar-refractivity contribution in [2.45, 2.75) is 44.2 Å². The molecule has 1 heterocycles. The summed E-state index contributed by atoms with van der Waals surface area (Å²) in [7, 11) is 0. The number of carbonyl (C=O) groups is 1. The Bertz CT molecular complexity index is 908. The van der Waals surface area contributed by atoms with Gasteiger partial charge in [0.2, 0.25) is 5.91 Å². The van der Waals surface area contributed by atoms with E-state index < -0.39 is 0 Å². The monoisotopic (exact) mass is 370 g/mol. The fourth-order valence-corrected chi connectivity index (χ4v) is 5.17. The smallest absolute Gasteiger partial charge is 0.224 e. The second-order valence-corrected chi connectivity index (χ2v) is 8.48. The van der Waals surface area contributed by atoms with E-state index in [0.29, 0.717) is 6.42 Å². The largest absolute Gasteiger partial charge is 0.326 e. The highest BCUT2D eigenvalue weighted by molar-refractivity contribution is 8.00. The van der Waals surface area contributed by atoms with Crippen LogP contribution < -0.4 is 5.32 Å². The van der Waals surface area contributed by atoms with Crippen LogP contribution in [0.15, 0.2) is 34.7 Å². The Morgan fingerprint density at radius 1 is 1.16 bits per heavy atom. The molecule has 25 heavy (non-hydrogen) atoms. The van der Waals surface area contributed by atoms with Gasteiger partial charge in [-0.1, -0.05) is 36.4 Å². The number of anilines is 1. The molecule has 2 aromatic carbocycles. The Morgan fingerprint density at radius 2 is 1.88 bits per heavy atom. The van der Waals surface area contributed by atoms with Crippen LogP contribution in [-0.4, -0.2) is 10.9 Å². The summed E-state index contributed by atoms with van der Waals surface area (Å²) < 4.78 is 2.17. The van der Waals surface area contributed by atoms with E-state index in [0.717, 1.165) is 26.0 Å². The normalized spacial score (nSPS) is 11.0. The zero-order valence-electron chi connectivity index (χ0n) is 15.0. The lowest BCUT2D eigenvalue weighted by atomic mass is 10.0. The van der Waals surface area contributed by atoms with Gasteiger partial charge in [-0.25, -0.2) is 4.98 Å². The lowest BCUT2D eigenvalue weighted by Gasteiger charge is -2.10. The molecule has 3 aromatic rings. The number of thiazole rings is 1. The maximum atomic E-state index is 11.5. The van der Waals surface area contributed by atoms with Gasteiger partial charge in [-0.15, -0.1) is 11.3 Å². The van der Waals surface area contributed by atoms with E-state index in [9.17, 15) is 4.79 Å². The maximum absolute atomic E-state index is 11.5. The molecule has 130 valence electrons. The van der Waals surface area contributed by atoms with Gasteiger partial charge in [0.15, 0.2) is 4.34 Å². The molecule has 1 amide bonds.